The lowest BCUT2D eigenvalue weighted by molar-refractivity contribution is 0.647. The lowest BCUT2D eigenvalue weighted by Gasteiger charge is -2.01. The third kappa shape index (κ3) is 7.77. The summed E-state index contributed by atoms with van der Waals surface area (Å²) in [6.07, 6.45) is 2.26. The summed E-state index contributed by atoms with van der Waals surface area (Å²) < 4.78 is 5.03. The van der Waals surface area contributed by atoms with E-state index in [1.807, 2.05) is 0 Å². The van der Waals surface area contributed by atoms with Gasteiger partial charge < -0.3 is 4.12 Å². The molecule has 0 aliphatic rings. The Morgan fingerprint density at radius 3 is 1.37 bits per heavy atom. The van der Waals surface area contributed by atoms with Crippen molar-refractivity contribution in [1.29, 1.82) is 0 Å². The highest BCUT2D eigenvalue weighted by Gasteiger charge is 1.93. The van der Waals surface area contributed by atoms with Gasteiger partial charge in [-0.3, -0.25) is 0 Å². The van der Waals surface area contributed by atoms with Gasteiger partial charge in [-0.2, -0.15) is 0 Å². The second-order valence-electron chi connectivity index (χ2n) is 4.76. The monoisotopic (exact) mass is 288 g/mol. The number of rotatable bonds is 4. The molecule has 0 aliphatic heterocycles. The molecule has 0 saturated heterocycles. The summed E-state index contributed by atoms with van der Waals surface area (Å²) in [5, 5.41) is 0. The van der Waals surface area contributed by atoms with Gasteiger partial charge in [0.1, 0.15) is 10.5 Å². The first-order chi connectivity index (χ1) is 9.22. The topological polar surface area (TPSA) is 9.23 Å². The van der Waals surface area contributed by atoms with Gasteiger partial charge in [-0.05, 0) is 37.1 Å². The number of hydrogen-bond donors (Lipinski definition) is 0. The second kappa shape index (κ2) is 9.72. The molecule has 0 aliphatic carbocycles. The zero-order valence-electron chi connectivity index (χ0n) is 12.2. The van der Waals surface area contributed by atoms with Gasteiger partial charge in [0.05, 0.1) is 0 Å². The third-order valence-electron chi connectivity index (χ3n) is 2.86. The molecule has 2 aromatic rings. The smallest absolute Gasteiger partial charge is 0.156 e. The minimum atomic E-state index is -0.588. The van der Waals surface area contributed by atoms with Gasteiger partial charge >= 0.3 is 0 Å². The van der Waals surface area contributed by atoms with Crippen molar-refractivity contribution in [2.75, 3.05) is 0 Å². The average molecular weight is 289 g/mol. The Hall–Kier alpha value is -1.17. The van der Waals surface area contributed by atoms with Crippen LogP contribution in [-0.4, -0.2) is 19.5 Å². The molecule has 2 rings (SSSR count). The summed E-state index contributed by atoms with van der Waals surface area (Å²) >= 11 is 0. The molecule has 0 radical (unpaired) electrons. The van der Waals surface area contributed by atoms with Crippen molar-refractivity contribution in [2.24, 2.45) is 0 Å². The molecule has 0 bridgehead atoms. The van der Waals surface area contributed by atoms with Gasteiger partial charge in [-0.15, -0.1) is 0 Å². The van der Waals surface area contributed by atoms with Crippen LogP contribution in [0.2, 0.25) is 13.1 Å². The summed E-state index contributed by atoms with van der Waals surface area (Å²) in [6, 6.07) is 21.2. The predicted molar refractivity (Wildman–Crippen MR) is 90.2 cm³/mol. The number of aryl methyl sites for hydroxylation is 2. The SMILES string of the molecule is C[SiH](C)O[SiH3].c1ccc(CCc2ccccc2)cc1. The zero-order valence-corrected chi connectivity index (χ0v) is 15.3. The molecule has 0 fully saturated rings. The summed E-state index contributed by atoms with van der Waals surface area (Å²) in [7, 11) is 0.347. The van der Waals surface area contributed by atoms with Crippen molar-refractivity contribution in [3.05, 3.63) is 71.8 Å². The van der Waals surface area contributed by atoms with Crippen LogP contribution in [0.4, 0.5) is 0 Å². The lowest BCUT2D eigenvalue weighted by atomic mass is 10.0. The first-order valence-corrected chi connectivity index (χ1v) is 10.4. The Bertz CT molecular complexity index is 390. The molecule has 0 saturated carbocycles. The Labute approximate surface area is 121 Å². The second-order valence-corrected chi connectivity index (χ2v) is 8.74. The van der Waals surface area contributed by atoms with Gasteiger partial charge in [-0.1, -0.05) is 60.7 Å². The molecule has 0 unspecified atom stereocenters. The Balaban J connectivity index is 0.000000312. The van der Waals surface area contributed by atoms with E-state index in [-0.39, 0.29) is 0 Å². The lowest BCUT2D eigenvalue weighted by Crippen LogP contribution is -2.02. The number of benzene rings is 2. The van der Waals surface area contributed by atoms with Gasteiger partial charge in [0.25, 0.3) is 0 Å². The van der Waals surface area contributed by atoms with Crippen molar-refractivity contribution >= 4 is 19.5 Å². The van der Waals surface area contributed by atoms with Gasteiger partial charge in [0, 0.05) is 0 Å². The standard InChI is InChI=1S/C14H14.C2H10OSi2/c1-3-7-13(8-4-1)11-12-14-9-5-2-6-10-14;1-5(2)3-4/h1-10H,11-12H2;5H,1-2,4H3. The maximum absolute atomic E-state index is 5.03. The fourth-order valence-electron chi connectivity index (χ4n) is 1.58. The van der Waals surface area contributed by atoms with Crippen LogP contribution in [0.25, 0.3) is 0 Å². The molecule has 0 atom stereocenters. The molecular weight excluding hydrogens is 264 g/mol. The van der Waals surface area contributed by atoms with E-state index >= 15 is 0 Å². The molecule has 19 heavy (non-hydrogen) atoms. The molecule has 0 amide bonds. The van der Waals surface area contributed by atoms with Crippen molar-refractivity contribution in [1.82, 2.24) is 0 Å². The van der Waals surface area contributed by atoms with Crippen LogP contribution < -0.4 is 0 Å². The Morgan fingerprint density at radius 1 is 0.789 bits per heavy atom. The maximum Gasteiger partial charge on any atom is 0.156 e. The van der Waals surface area contributed by atoms with Gasteiger partial charge in [-0.25, -0.2) is 0 Å². The van der Waals surface area contributed by atoms with Crippen molar-refractivity contribution < 1.29 is 4.12 Å². The molecule has 0 spiro atoms. The summed E-state index contributed by atoms with van der Waals surface area (Å²) in [5.41, 5.74) is 2.83. The summed E-state index contributed by atoms with van der Waals surface area (Å²) in [6.45, 7) is 4.35. The molecule has 2 aromatic carbocycles. The highest BCUT2D eigenvalue weighted by molar-refractivity contribution is 6.52. The van der Waals surface area contributed by atoms with Crippen molar-refractivity contribution in [3.63, 3.8) is 0 Å². The average Bonchev–Trinajstić information content (AvgIpc) is 2.48. The van der Waals surface area contributed by atoms with E-state index in [0.29, 0.717) is 0 Å². The first-order valence-electron chi connectivity index (χ1n) is 6.83. The van der Waals surface area contributed by atoms with E-state index in [1.54, 1.807) is 0 Å². The molecule has 1 nitrogen and oxygen atoms in total. The van der Waals surface area contributed by atoms with Crippen LogP contribution in [0.1, 0.15) is 11.1 Å². The third-order valence-corrected chi connectivity index (χ3v) is 6.63. The predicted octanol–water partition coefficient (Wildman–Crippen LogP) is 2.74. The summed E-state index contributed by atoms with van der Waals surface area (Å²) in [5.74, 6) is 0. The van der Waals surface area contributed by atoms with Crippen LogP contribution >= 0.6 is 0 Å². The van der Waals surface area contributed by atoms with Crippen LogP contribution in [-0.2, 0) is 17.0 Å². The van der Waals surface area contributed by atoms with E-state index in [1.165, 1.54) is 11.1 Å². The molecule has 102 valence electrons. The molecule has 0 aromatic heterocycles. The molecule has 0 heterocycles. The first kappa shape index (κ1) is 15.9. The van der Waals surface area contributed by atoms with E-state index in [9.17, 15) is 0 Å². The molecule has 3 heteroatoms. The van der Waals surface area contributed by atoms with E-state index in [4.69, 9.17) is 4.12 Å². The molecule has 0 N–H and O–H groups in total. The minimum Gasteiger partial charge on any atom is -0.466 e. The van der Waals surface area contributed by atoms with Crippen molar-refractivity contribution in [3.8, 4) is 0 Å². The fourth-order valence-corrected chi connectivity index (χ4v) is 1.58. The minimum absolute atomic E-state index is 0.588. The van der Waals surface area contributed by atoms with Gasteiger partial charge in [0.2, 0.25) is 0 Å². The molecular formula is C16H24OSi2. The normalized spacial score (nSPS) is 10.1. The maximum atomic E-state index is 5.03. The van der Waals surface area contributed by atoms with E-state index in [2.05, 4.69) is 73.8 Å². The van der Waals surface area contributed by atoms with Gasteiger partial charge in [0.15, 0.2) is 9.04 Å². The van der Waals surface area contributed by atoms with Crippen LogP contribution in [0.5, 0.6) is 0 Å². The fraction of sp³-hybridized carbons (Fsp3) is 0.250. The number of hydrogen-bond acceptors (Lipinski definition) is 1. The Morgan fingerprint density at radius 2 is 1.11 bits per heavy atom. The van der Waals surface area contributed by atoms with Crippen LogP contribution in [0.15, 0.2) is 60.7 Å². The zero-order chi connectivity index (χ0) is 13.9. The van der Waals surface area contributed by atoms with Crippen molar-refractivity contribution in [2.45, 2.75) is 25.9 Å². The quantitative estimate of drug-likeness (QED) is 0.786. The largest absolute Gasteiger partial charge is 0.466 e. The highest BCUT2D eigenvalue weighted by Crippen LogP contribution is 2.06. The Kier molecular flexibility index (Phi) is 8.13. The van der Waals surface area contributed by atoms with Crippen LogP contribution in [0, 0.1) is 0 Å². The van der Waals surface area contributed by atoms with Crippen LogP contribution in [0.3, 0.4) is 0 Å². The highest BCUT2D eigenvalue weighted by atomic mass is 28.3. The van der Waals surface area contributed by atoms with E-state index in [0.717, 1.165) is 23.3 Å². The van der Waals surface area contributed by atoms with E-state index < -0.39 is 9.04 Å². The summed E-state index contributed by atoms with van der Waals surface area (Å²) in [4.78, 5) is 0.